The van der Waals surface area contributed by atoms with Gasteiger partial charge < -0.3 is 28.8 Å². The number of allylic oxidation sites excluding steroid dienone is 9. The number of carbonyl (C=O) groups is 1. The molecular formula is C57H107N2O6P. The Hall–Kier alpha value is -1.80. The number of likely N-dealkylation sites (N-methyl/N-ethyl adjacent to an activating group) is 1. The van der Waals surface area contributed by atoms with Crippen molar-refractivity contribution in [1.29, 1.82) is 0 Å². The van der Waals surface area contributed by atoms with Crippen LogP contribution in [0.25, 0.3) is 0 Å². The molecule has 2 N–H and O–H groups in total. The molecular weight excluding hydrogens is 840 g/mol. The van der Waals surface area contributed by atoms with Gasteiger partial charge in [-0.3, -0.25) is 9.36 Å². The van der Waals surface area contributed by atoms with Gasteiger partial charge in [-0.05, 0) is 71.1 Å². The second-order valence-electron chi connectivity index (χ2n) is 19.9. The lowest BCUT2D eigenvalue weighted by Gasteiger charge is -2.29. The lowest BCUT2D eigenvalue weighted by molar-refractivity contribution is -0.870. The molecule has 0 fully saturated rings. The van der Waals surface area contributed by atoms with Crippen molar-refractivity contribution in [2.24, 2.45) is 0 Å². The first-order chi connectivity index (χ1) is 32.0. The molecule has 3 unspecified atom stereocenters. The molecule has 0 radical (unpaired) electrons. The summed E-state index contributed by atoms with van der Waals surface area (Å²) in [5, 5.41) is 13.7. The third-order valence-electron chi connectivity index (χ3n) is 12.3. The van der Waals surface area contributed by atoms with Crippen molar-refractivity contribution in [3.8, 4) is 0 Å². The zero-order valence-electron chi connectivity index (χ0n) is 43.9. The Morgan fingerprint density at radius 1 is 0.561 bits per heavy atom. The molecule has 66 heavy (non-hydrogen) atoms. The molecule has 0 aromatic heterocycles. The van der Waals surface area contributed by atoms with Crippen LogP contribution >= 0.6 is 7.82 Å². The van der Waals surface area contributed by atoms with Crippen LogP contribution in [0.1, 0.15) is 245 Å². The second kappa shape index (κ2) is 48.2. The number of phosphoric ester groups is 1. The molecule has 0 aliphatic heterocycles. The Kier molecular flexibility index (Phi) is 46.9. The lowest BCUT2D eigenvalue weighted by Crippen LogP contribution is -2.45. The first kappa shape index (κ1) is 64.2. The van der Waals surface area contributed by atoms with E-state index in [-0.39, 0.29) is 12.5 Å². The fraction of sp³-hybridized carbons (Fsp3) is 0.807. The zero-order valence-corrected chi connectivity index (χ0v) is 44.8. The normalized spacial score (nSPS) is 14.5. The van der Waals surface area contributed by atoms with Crippen molar-refractivity contribution in [1.82, 2.24) is 5.32 Å². The third-order valence-corrected chi connectivity index (χ3v) is 13.2. The molecule has 9 heteroatoms. The molecule has 0 rings (SSSR count). The number of phosphoric acid groups is 1. The van der Waals surface area contributed by atoms with Gasteiger partial charge in [-0.25, -0.2) is 0 Å². The maximum absolute atomic E-state index is 12.9. The van der Waals surface area contributed by atoms with Gasteiger partial charge in [0.05, 0.1) is 39.9 Å². The highest BCUT2D eigenvalue weighted by Gasteiger charge is 2.23. The quantitative estimate of drug-likeness (QED) is 0.0272. The predicted molar refractivity (Wildman–Crippen MR) is 284 cm³/mol. The summed E-state index contributed by atoms with van der Waals surface area (Å²) in [6.45, 7) is 4.38. The molecule has 0 saturated heterocycles. The number of nitrogens with one attached hydrogen (secondary N) is 1. The molecule has 0 aromatic rings. The van der Waals surface area contributed by atoms with E-state index in [9.17, 15) is 19.4 Å². The van der Waals surface area contributed by atoms with Crippen LogP contribution in [0.5, 0.6) is 0 Å². The highest BCUT2D eigenvalue weighted by atomic mass is 31.2. The van der Waals surface area contributed by atoms with E-state index in [1.165, 1.54) is 173 Å². The molecule has 0 aliphatic rings. The summed E-state index contributed by atoms with van der Waals surface area (Å²) < 4.78 is 23.2. The molecule has 0 heterocycles. The van der Waals surface area contributed by atoms with E-state index < -0.39 is 26.6 Å². The summed E-state index contributed by atoms with van der Waals surface area (Å²) >= 11 is 0. The number of aliphatic hydroxyl groups is 1. The van der Waals surface area contributed by atoms with Crippen molar-refractivity contribution in [3.63, 3.8) is 0 Å². The van der Waals surface area contributed by atoms with Crippen LogP contribution in [0.15, 0.2) is 60.8 Å². The highest BCUT2D eigenvalue weighted by Crippen LogP contribution is 2.38. The molecule has 0 saturated carbocycles. The van der Waals surface area contributed by atoms with Crippen molar-refractivity contribution in [2.45, 2.75) is 257 Å². The predicted octanol–water partition coefficient (Wildman–Crippen LogP) is 15.9. The van der Waals surface area contributed by atoms with Crippen molar-refractivity contribution < 1.29 is 32.9 Å². The Balaban J connectivity index is 3.88. The number of nitrogens with zero attached hydrogens (tertiary/aromatic N) is 1. The molecule has 8 nitrogen and oxygen atoms in total. The number of amides is 1. The van der Waals surface area contributed by atoms with E-state index in [1.54, 1.807) is 6.08 Å². The van der Waals surface area contributed by atoms with E-state index in [0.717, 1.165) is 51.4 Å². The number of quaternary nitrogens is 1. The molecule has 0 aliphatic carbocycles. The van der Waals surface area contributed by atoms with E-state index in [0.29, 0.717) is 17.4 Å². The Morgan fingerprint density at radius 3 is 1.39 bits per heavy atom. The molecule has 1 amide bonds. The standard InChI is InChI=1S/C57H107N2O6P/c1-6-8-10-12-14-16-17-18-19-20-21-22-23-24-25-26-27-28-29-30-31-32-33-34-35-36-37-38-39-40-41-43-45-47-49-51-57(61)58-55(54-65-66(62,63)64-53-52-59(3,4)5)56(60)50-48-46-44-42-15-13-11-9-7-2/h7,9,15,17-18,20-21,42,48,50,55-56,60H,6,8,10-14,16,19,22-41,43-47,49,51-54H2,1-5H3,(H-,58,61,62,63)/b9-7+,18-17-,21-20-,42-15+,50-48+. The van der Waals surface area contributed by atoms with Crippen LogP contribution in [-0.4, -0.2) is 68.5 Å². The van der Waals surface area contributed by atoms with Crippen LogP contribution in [-0.2, 0) is 18.4 Å². The van der Waals surface area contributed by atoms with Gasteiger partial charge in [0.2, 0.25) is 5.91 Å². The first-order valence-electron chi connectivity index (χ1n) is 27.6. The van der Waals surface area contributed by atoms with Crippen molar-refractivity contribution in [2.75, 3.05) is 40.9 Å². The minimum atomic E-state index is -4.60. The summed E-state index contributed by atoms with van der Waals surface area (Å²) in [6.07, 6.45) is 65.0. The topological polar surface area (TPSA) is 108 Å². The summed E-state index contributed by atoms with van der Waals surface area (Å²) in [7, 11) is 1.23. The van der Waals surface area contributed by atoms with Crippen LogP contribution in [0, 0.1) is 0 Å². The average Bonchev–Trinajstić information content (AvgIpc) is 3.28. The minimum absolute atomic E-state index is 0.00973. The van der Waals surface area contributed by atoms with Gasteiger partial charge in [-0.15, -0.1) is 0 Å². The van der Waals surface area contributed by atoms with E-state index in [4.69, 9.17) is 9.05 Å². The van der Waals surface area contributed by atoms with E-state index >= 15 is 0 Å². The maximum Gasteiger partial charge on any atom is 0.268 e. The molecule has 0 spiro atoms. The van der Waals surface area contributed by atoms with Crippen molar-refractivity contribution in [3.05, 3.63) is 60.8 Å². The molecule has 0 bridgehead atoms. The number of hydrogen-bond acceptors (Lipinski definition) is 6. The fourth-order valence-electron chi connectivity index (χ4n) is 7.93. The number of unbranched alkanes of at least 4 members (excludes halogenated alkanes) is 30. The number of carbonyl (C=O) groups excluding carboxylic acids is 1. The summed E-state index contributed by atoms with van der Waals surface area (Å²) in [6, 6.07) is -0.907. The molecule has 386 valence electrons. The minimum Gasteiger partial charge on any atom is -0.756 e. The SMILES string of the molecule is C/C=C/CC/C=C/CC/C=C/C(O)C(COP(=O)([O-])OCC[N+](C)(C)C)NC(=O)CCCCCCCCCCCCCCCCCCCCCCCCC/C=C\C/C=C\CCCCCCC. The average molecular weight is 947 g/mol. The van der Waals surface area contributed by atoms with Gasteiger partial charge in [0.1, 0.15) is 13.2 Å². The largest absolute Gasteiger partial charge is 0.756 e. The van der Waals surface area contributed by atoms with Crippen molar-refractivity contribution >= 4 is 13.7 Å². The Labute approximate surface area is 409 Å². The van der Waals surface area contributed by atoms with Gasteiger partial charge >= 0.3 is 0 Å². The van der Waals surface area contributed by atoms with Crippen LogP contribution < -0.4 is 10.2 Å². The monoisotopic (exact) mass is 947 g/mol. The smallest absolute Gasteiger partial charge is 0.268 e. The van der Waals surface area contributed by atoms with Gasteiger partial charge in [0.15, 0.2) is 0 Å². The van der Waals surface area contributed by atoms with Crippen LogP contribution in [0.3, 0.4) is 0 Å². The maximum atomic E-state index is 12.9. The first-order valence-corrected chi connectivity index (χ1v) is 29.1. The number of aliphatic hydroxyl groups excluding tert-OH is 1. The van der Waals surface area contributed by atoms with Gasteiger partial charge in [0, 0.05) is 6.42 Å². The molecule has 0 aromatic carbocycles. The Morgan fingerprint density at radius 2 is 0.955 bits per heavy atom. The van der Waals surface area contributed by atoms with Crippen LogP contribution in [0.4, 0.5) is 0 Å². The summed E-state index contributed by atoms with van der Waals surface area (Å²) in [4.78, 5) is 25.3. The van der Waals surface area contributed by atoms with E-state index in [2.05, 4.69) is 54.8 Å². The fourth-order valence-corrected chi connectivity index (χ4v) is 8.65. The van der Waals surface area contributed by atoms with Gasteiger partial charge in [-0.1, -0.05) is 228 Å². The number of rotatable bonds is 50. The highest BCUT2D eigenvalue weighted by molar-refractivity contribution is 7.45. The van der Waals surface area contributed by atoms with E-state index in [1.807, 2.05) is 40.2 Å². The van der Waals surface area contributed by atoms with Crippen LogP contribution in [0.2, 0.25) is 0 Å². The lowest BCUT2D eigenvalue weighted by atomic mass is 10.0. The zero-order chi connectivity index (χ0) is 48.5. The number of hydrogen-bond donors (Lipinski definition) is 2. The summed E-state index contributed by atoms with van der Waals surface area (Å²) in [5.41, 5.74) is 0. The van der Waals surface area contributed by atoms with Gasteiger partial charge in [0.25, 0.3) is 7.82 Å². The molecule has 3 atom stereocenters. The Bertz CT molecular complexity index is 1260. The summed E-state index contributed by atoms with van der Waals surface area (Å²) in [5.74, 6) is -0.213. The second-order valence-corrected chi connectivity index (χ2v) is 21.3. The third kappa shape index (κ3) is 50.1. The van der Waals surface area contributed by atoms with Gasteiger partial charge in [-0.2, -0.15) is 0 Å².